The van der Waals surface area contributed by atoms with Crippen molar-refractivity contribution >= 4 is 5.96 Å². The molecule has 0 unspecified atom stereocenters. The lowest BCUT2D eigenvalue weighted by molar-refractivity contribution is 0.475. The number of rotatable bonds is 5. The zero-order valence-electron chi connectivity index (χ0n) is 13.9. The number of aryl methyl sites for hydroxylation is 1. The van der Waals surface area contributed by atoms with Crippen molar-refractivity contribution in [3.8, 4) is 11.6 Å². The van der Waals surface area contributed by atoms with Crippen LogP contribution < -0.4 is 5.32 Å². The van der Waals surface area contributed by atoms with E-state index >= 15 is 0 Å². The summed E-state index contributed by atoms with van der Waals surface area (Å²) in [6.45, 7) is 1.19. The maximum atomic E-state index is 5.28. The molecule has 0 spiro atoms. The number of furan rings is 1. The molecule has 0 aliphatic heterocycles. The normalized spacial score (nSPS) is 11.7. The van der Waals surface area contributed by atoms with Crippen LogP contribution in [0.5, 0.6) is 0 Å². The van der Waals surface area contributed by atoms with E-state index in [4.69, 9.17) is 4.42 Å². The number of guanidine groups is 1. The maximum Gasteiger partial charge on any atom is 0.216 e. The molecule has 0 aliphatic rings. The Kier molecular flexibility index (Phi) is 4.59. The first-order chi connectivity index (χ1) is 11.7. The number of hydrogen-bond acceptors (Lipinski definition) is 5. The molecule has 3 aromatic rings. The van der Waals surface area contributed by atoms with Crippen molar-refractivity contribution in [2.24, 2.45) is 12.0 Å². The van der Waals surface area contributed by atoms with Crippen LogP contribution in [0.4, 0.5) is 0 Å². The summed E-state index contributed by atoms with van der Waals surface area (Å²) in [5, 5.41) is 14.5. The monoisotopic (exact) mass is 328 g/mol. The number of nitrogens with zero attached hydrogens (tertiary/aromatic N) is 6. The predicted molar refractivity (Wildman–Crippen MR) is 89.0 cm³/mol. The minimum Gasteiger partial charge on any atom is -0.461 e. The summed E-state index contributed by atoms with van der Waals surface area (Å²) >= 11 is 0. The first-order valence-electron chi connectivity index (χ1n) is 7.50. The van der Waals surface area contributed by atoms with E-state index in [9.17, 15) is 0 Å². The number of aromatic nitrogens is 5. The van der Waals surface area contributed by atoms with E-state index < -0.39 is 0 Å². The Labute approximate surface area is 139 Å². The van der Waals surface area contributed by atoms with Crippen molar-refractivity contribution in [1.82, 2.24) is 35.2 Å². The zero-order valence-corrected chi connectivity index (χ0v) is 13.9. The summed E-state index contributed by atoms with van der Waals surface area (Å²) in [4.78, 5) is 10.7. The van der Waals surface area contributed by atoms with Gasteiger partial charge in [-0.15, -0.1) is 5.10 Å². The number of nitrogens with one attached hydrogen (secondary N) is 2. The number of aromatic amines is 1. The molecule has 0 atom stereocenters. The molecule has 0 aromatic carbocycles. The van der Waals surface area contributed by atoms with Crippen molar-refractivity contribution in [1.29, 1.82) is 0 Å². The van der Waals surface area contributed by atoms with E-state index in [-0.39, 0.29) is 0 Å². The molecule has 9 heteroatoms. The third-order valence-corrected chi connectivity index (χ3v) is 3.44. The lowest BCUT2D eigenvalue weighted by Crippen LogP contribution is -2.38. The Morgan fingerprint density at radius 1 is 1.50 bits per heavy atom. The molecule has 9 nitrogen and oxygen atoms in total. The molecule has 0 radical (unpaired) electrons. The van der Waals surface area contributed by atoms with Crippen LogP contribution >= 0.6 is 0 Å². The molecule has 3 heterocycles. The van der Waals surface area contributed by atoms with Crippen LogP contribution in [0.2, 0.25) is 0 Å². The summed E-state index contributed by atoms with van der Waals surface area (Å²) in [5.74, 6) is 2.64. The van der Waals surface area contributed by atoms with Gasteiger partial charge in [-0.1, -0.05) is 0 Å². The topological polar surface area (TPSA) is 100 Å². The molecular formula is C15H20N8O. The Morgan fingerprint density at radius 3 is 3.04 bits per heavy atom. The van der Waals surface area contributed by atoms with E-state index in [2.05, 4.69) is 30.6 Å². The Balaban J connectivity index is 1.58. The van der Waals surface area contributed by atoms with Crippen LogP contribution in [-0.2, 0) is 20.1 Å². The zero-order chi connectivity index (χ0) is 16.9. The molecule has 0 saturated carbocycles. The van der Waals surface area contributed by atoms with E-state index in [1.807, 2.05) is 37.5 Å². The van der Waals surface area contributed by atoms with Gasteiger partial charge in [-0.25, -0.2) is 4.98 Å². The van der Waals surface area contributed by atoms with Gasteiger partial charge in [0.25, 0.3) is 0 Å². The first-order valence-corrected chi connectivity index (χ1v) is 7.50. The van der Waals surface area contributed by atoms with Crippen molar-refractivity contribution < 1.29 is 4.42 Å². The highest BCUT2D eigenvalue weighted by Gasteiger charge is 2.11. The standard InChI is InChI=1S/C15H20N8O/c1-16-15(22(2)9-11-7-18-23(3)10-11)17-8-13-19-14(21-20-13)12-5-4-6-24-12/h4-7,10H,8-9H2,1-3H3,(H,16,17)(H,19,20,21). The summed E-state index contributed by atoms with van der Waals surface area (Å²) in [5.41, 5.74) is 1.11. The van der Waals surface area contributed by atoms with E-state index in [1.54, 1.807) is 24.1 Å². The highest BCUT2D eigenvalue weighted by Crippen LogP contribution is 2.14. The van der Waals surface area contributed by atoms with Gasteiger partial charge in [-0.2, -0.15) is 5.10 Å². The Bertz CT molecular complexity index is 801. The fourth-order valence-corrected chi connectivity index (χ4v) is 2.34. The average Bonchev–Trinajstić information content (AvgIpc) is 3.29. The van der Waals surface area contributed by atoms with Crippen LogP contribution in [0, 0.1) is 0 Å². The van der Waals surface area contributed by atoms with Gasteiger partial charge in [-0.3, -0.25) is 14.8 Å². The third-order valence-electron chi connectivity index (χ3n) is 3.44. The molecule has 0 fully saturated rings. The van der Waals surface area contributed by atoms with Crippen LogP contribution in [0.15, 0.2) is 40.2 Å². The molecule has 0 amide bonds. The summed E-state index contributed by atoms with van der Waals surface area (Å²) in [6, 6.07) is 3.62. The SMILES string of the molecule is CN=C(NCc1nc(-c2ccco2)n[nH]1)N(C)Cc1cnn(C)c1. The number of hydrogen-bond donors (Lipinski definition) is 2. The number of H-pyrrole nitrogens is 1. The molecule has 3 rings (SSSR count). The van der Waals surface area contributed by atoms with Crippen molar-refractivity contribution in [2.45, 2.75) is 13.1 Å². The molecule has 126 valence electrons. The van der Waals surface area contributed by atoms with Crippen LogP contribution in [0.1, 0.15) is 11.4 Å². The fraction of sp³-hybridized carbons (Fsp3) is 0.333. The Morgan fingerprint density at radius 2 is 2.38 bits per heavy atom. The summed E-state index contributed by atoms with van der Waals surface area (Å²) in [6.07, 6.45) is 5.42. The van der Waals surface area contributed by atoms with Gasteiger partial charge in [0.1, 0.15) is 5.82 Å². The van der Waals surface area contributed by atoms with Crippen LogP contribution in [0.3, 0.4) is 0 Å². The van der Waals surface area contributed by atoms with E-state index in [0.717, 1.165) is 11.5 Å². The first kappa shape index (κ1) is 15.8. The molecule has 0 aliphatic carbocycles. The number of aliphatic imine (C=N–C) groups is 1. The fourth-order valence-electron chi connectivity index (χ4n) is 2.34. The molecule has 0 bridgehead atoms. The van der Waals surface area contributed by atoms with Gasteiger partial charge >= 0.3 is 0 Å². The average molecular weight is 328 g/mol. The minimum atomic E-state index is 0.484. The van der Waals surface area contributed by atoms with E-state index in [1.165, 1.54) is 0 Å². The molecule has 0 saturated heterocycles. The van der Waals surface area contributed by atoms with Gasteiger partial charge < -0.3 is 14.6 Å². The molecule has 24 heavy (non-hydrogen) atoms. The maximum absolute atomic E-state index is 5.28. The second kappa shape index (κ2) is 6.99. The highest BCUT2D eigenvalue weighted by atomic mass is 16.3. The van der Waals surface area contributed by atoms with Gasteiger partial charge in [0.2, 0.25) is 5.82 Å². The van der Waals surface area contributed by atoms with Gasteiger partial charge in [0.15, 0.2) is 11.7 Å². The van der Waals surface area contributed by atoms with Crippen molar-refractivity contribution in [2.75, 3.05) is 14.1 Å². The van der Waals surface area contributed by atoms with Gasteiger partial charge in [0, 0.05) is 39.4 Å². The van der Waals surface area contributed by atoms with Crippen molar-refractivity contribution in [3.63, 3.8) is 0 Å². The second-order valence-electron chi connectivity index (χ2n) is 5.36. The lowest BCUT2D eigenvalue weighted by atomic mass is 10.3. The Hall–Kier alpha value is -3.10. The minimum absolute atomic E-state index is 0.484. The van der Waals surface area contributed by atoms with Gasteiger partial charge in [-0.05, 0) is 12.1 Å². The summed E-state index contributed by atoms with van der Waals surface area (Å²) < 4.78 is 7.06. The predicted octanol–water partition coefficient (Wildman–Crippen LogP) is 1.01. The molecule has 2 N–H and O–H groups in total. The molecule has 3 aromatic heterocycles. The quantitative estimate of drug-likeness (QED) is 0.535. The van der Waals surface area contributed by atoms with Crippen LogP contribution in [0.25, 0.3) is 11.6 Å². The molecular weight excluding hydrogens is 308 g/mol. The van der Waals surface area contributed by atoms with Crippen LogP contribution in [-0.4, -0.2) is 49.9 Å². The highest BCUT2D eigenvalue weighted by molar-refractivity contribution is 5.79. The van der Waals surface area contributed by atoms with E-state index in [0.29, 0.717) is 30.5 Å². The smallest absolute Gasteiger partial charge is 0.216 e. The third kappa shape index (κ3) is 3.62. The second-order valence-corrected chi connectivity index (χ2v) is 5.36. The summed E-state index contributed by atoms with van der Waals surface area (Å²) in [7, 11) is 5.62. The lowest BCUT2D eigenvalue weighted by Gasteiger charge is -2.20. The largest absolute Gasteiger partial charge is 0.461 e. The van der Waals surface area contributed by atoms with Crippen molar-refractivity contribution in [3.05, 3.63) is 42.2 Å². The van der Waals surface area contributed by atoms with Gasteiger partial charge in [0.05, 0.1) is 19.0 Å².